The number of amides is 1. The zero-order valence-electron chi connectivity index (χ0n) is 20.7. The smallest absolute Gasteiger partial charge is 0.321 e. The molecule has 0 bridgehead atoms. The molecule has 1 aliphatic heterocycles. The number of hydrogen-bond donors (Lipinski definition) is 0. The van der Waals surface area contributed by atoms with E-state index in [0.717, 1.165) is 23.9 Å². The molecule has 9 nitrogen and oxygen atoms in total. The number of fused-ring (bicyclic) bond motifs is 3. The lowest BCUT2D eigenvalue weighted by Crippen LogP contribution is -2.50. The van der Waals surface area contributed by atoms with Gasteiger partial charge in [0.2, 0.25) is 17.6 Å². The van der Waals surface area contributed by atoms with Crippen molar-refractivity contribution in [2.24, 2.45) is 5.92 Å². The second-order valence-corrected chi connectivity index (χ2v) is 8.25. The molecule has 0 aliphatic carbocycles. The fourth-order valence-corrected chi connectivity index (χ4v) is 4.65. The van der Waals surface area contributed by atoms with Crippen LogP contribution in [0.15, 0.2) is 36.4 Å². The summed E-state index contributed by atoms with van der Waals surface area (Å²) >= 11 is 0. The minimum Gasteiger partial charge on any atom is -0.493 e. The predicted octanol–water partition coefficient (Wildman–Crippen LogP) is 3.98. The van der Waals surface area contributed by atoms with E-state index in [1.165, 1.54) is 21.3 Å². The third-order valence-electron chi connectivity index (χ3n) is 6.25. The van der Waals surface area contributed by atoms with Crippen LogP contribution < -0.4 is 19.1 Å². The molecule has 1 aromatic heterocycles. The number of carbonyl (C=O) groups is 2. The number of ether oxygens (including phenoxy) is 4. The first-order chi connectivity index (χ1) is 17.0. The lowest BCUT2D eigenvalue weighted by molar-refractivity contribution is -0.153. The summed E-state index contributed by atoms with van der Waals surface area (Å²) in [6.45, 7) is 4.40. The largest absolute Gasteiger partial charge is 0.493 e. The van der Waals surface area contributed by atoms with Gasteiger partial charge in [0, 0.05) is 6.54 Å². The second-order valence-electron chi connectivity index (χ2n) is 8.25. The number of unbranched alkanes of at least 4 members (excludes halogenated alkanes) is 1. The van der Waals surface area contributed by atoms with Gasteiger partial charge in [0.05, 0.1) is 45.0 Å². The SMILES string of the molecule is CCCCN1C(=O)[C@@H](C(=O)OCC)[C@H](c2cc(OC)c(OC)c(OC)c2)n2c1nc1ccccc12. The van der Waals surface area contributed by atoms with Crippen LogP contribution in [-0.4, -0.2) is 55.9 Å². The quantitative estimate of drug-likeness (QED) is 0.337. The molecule has 2 heterocycles. The molecular weight excluding hydrogens is 450 g/mol. The van der Waals surface area contributed by atoms with E-state index < -0.39 is 17.9 Å². The Balaban J connectivity index is 2.03. The van der Waals surface area contributed by atoms with Crippen LogP contribution in [0.1, 0.15) is 38.3 Å². The Morgan fingerprint density at radius 3 is 2.31 bits per heavy atom. The molecule has 1 amide bonds. The summed E-state index contributed by atoms with van der Waals surface area (Å²) in [5, 5.41) is 0. The molecule has 2 aromatic carbocycles. The van der Waals surface area contributed by atoms with Crippen LogP contribution in [0.2, 0.25) is 0 Å². The van der Waals surface area contributed by atoms with Crippen molar-refractivity contribution >= 4 is 28.9 Å². The minimum absolute atomic E-state index is 0.164. The highest BCUT2D eigenvalue weighted by atomic mass is 16.5. The lowest BCUT2D eigenvalue weighted by Gasteiger charge is -2.38. The number of imidazole rings is 1. The van der Waals surface area contributed by atoms with Crippen LogP contribution in [0.3, 0.4) is 0 Å². The van der Waals surface area contributed by atoms with E-state index in [4.69, 9.17) is 23.9 Å². The Morgan fingerprint density at radius 2 is 1.71 bits per heavy atom. The van der Waals surface area contributed by atoms with Crippen molar-refractivity contribution in [1.29, 1.82) is 0 Å². The highest BCUT2D eigenvalue weighted by molar-refractivity contribution is 6.08. The molecule has 0 fully saturated rings. The lowest BCUT2D eigenvalue weighted by atomic mass is 9.89. The van der Waals surface area contributed by atoms with Gasteiger partial charge in [-0.1, -0.05) is 25.5 Å². The van der Waals surface area contributed by atoms with Gasteiger partial charge in [-0.3, -0.25) is 14.5 Å². The molecule has 0 radical (unpaired) electrons. The zero-order valence-corrected chi connectivity index (χ0v) is 20.7. The third kappa shape index (κ3) is 4.15. The monoisotopic (exact) mass is 481 g/mol. The normalized spacial score (nSPS) is 17.3. The highest BCUT2D eigenvalue weighted by Gasteiger charge is 2.48. The highest BCUT2D eigenvalue weighted by Crippen LogP contribution is 2.46. The van der Waals surface area contributed by atoms with Crippen molar-refractivity contribution in [1.82, 2.24) is 9.55 Å². The zero-order chi connectivity index (χ0) is 25.1. The topological polar surface area (TPSA) is 92.1 Å². The second kappa shape index (κ2) is 10.2. The van der Waals surface area contributed by atoms with Crippen LogP contribution in [0.4, 0.5) is 5.95 Å². The molecule has 1 aliphatic rings. The first-order valence-corrected chi connectivity index (χ1v) is 11.7. The Bertz CT molecular complexity index is 1210. The van der Waals surface area contributed by atoms with Gasteiger partial charge in [0.15, 0.2) is 17.4 Å². The number of hydrogen-bond acceptors (Lipinski definition) is 7. The van der Waals surface area contributed by atoms with Gasteiger partial charge >= 0.3 is 5.97 Å². The van der Waals surface area contributed by atoms with E-state index in [0.29, 0.717) is 35.3 Å². The molecule has 0 saturated heterocycles. The van der Waals surface area contributed by atoms with E-state index in [9.17, 15) is 9.59 Å². The molecule has 2 atom stereocenters. The van der Waals surface area contributed by atoms with Gasteiger partial charge in [-0.25, -0.2) is 4.98 Å². The van der Waals surface area contributed by atoms with E-state index in [2.05, 4.69) is 6.92 Å². The van der Waals surface area contributed by atoms with Gasteiger partial charge in [-0.05, 0) is 43.2 Å². The van der Waals surface area contributed by atoms with Crippen molar-refractivity contribution in [2.75, 3.05) is 39.4 Å². The number of anilines is 1. The van der Waals surface area contributed by atoms with Crippen molar-refractivity contribution in [3.8, 4) is 17.2 Å². The standard InChI is InChI=1S/C26H31N3O6/c1-6-8-13-28-24(30)21(25(31)35-7-2)22(29-18-12-10-9-11-17(18)27-26(28)29)16-14-19(32-3)23(34-5)20(15-16)33-4/h9-12,14-15,21-22H,6-8,13H2,1-5H3/t21-,22-/m0/s1. The average molecular weight is 482 g/mol. The van der Waals surface area contributed by atoms with E-state index in [1.54, 1.807) is 24.0 Å². The first-order valence-electron chi connectivity index (χ1n) is 11.7. The fraction of sp³-hybridized carbons (Fsp3) is 0.423. The van der Waals surface area contributed by atoms with Crippen molar-refractivity contribution in [3.63, 3.8) is 0 Å². The van der Waals surface area contributed by atoms with Crippen molar-refractivity contribution < 1.29 is 28.5 Å². The Labute approximate surface area is 204 Å². The van der Waals surface area contributed by atoms with E-state index in [-0.39, 0.29) is 12.5 Å². The van der Waals surface area contributed by atoms with Gasteiger partial charge in [-0.2, -0.15) is 0 Å². The van der Waals surface area contributed by atoms with Gasteiger partial charge in [-0.15, -0.1) is 0 Å². The molecule has 0 N–H and O–H groups in total. The summed E-state index contributed by atoms with van der Waals surface area (Å²) < 4.78 is 24.0. The summed E-state index contributed by atoms with van der Waals surface area (Å²) in [6.07, 6.45) is 1.67. The third-order valence-corrected chi connectivity index (χ3v) is 6.25. The van der Waals surface area contributed by atoms with Crippen LogP contribution in [0, 0.1) is 5.92 Å². The summed E-state index contributed by atoms with van der Waals surface area (Å²) in [4.78, 5) is 33.6. The summed E-state index contributed by atoms with van der Waals surface area (Å²) in [6, 6.07) is 10.5. The molecule has 9 heteroatoms. The number of rotatable bonds is 9. The molecule has 0 spiro atoms. The number of benzene rings is 2. The van der Waals surface area contributed by atoms with Gasteiger partial charge in [0.1, 0.15) is 0 Å². The molecule has 35 heavy (non-hydrogen) atoms. The van der Waals surface area contributed by atoms with Crippen molar-refractivity contribution in [3.05, 3.63) is 42.0 Å². The maximum Gasteiger partial charge on any atom is 0.321 e. The number of nitrogens with zero attached hydrogens (tertiary/aromatic N) is 3. The minimum atomic E-state index is -1.11. The first kappa shape index (κ1) is 24.4. The summed E-state index contributed by atoms with van der Waals surface area (Å²) in [5.74, 6) is -0.246. The van der Waals surface area contributed by atoms with Gasteiger partial charge in [0.25, 0.3) is 0 Å². The van der Waals surface area contributed by atoms with Crippen LogP contribution in [0.25, 0.3) is 11.0 Å². The number of carbonyl (C=O) groups excluding carboxylic acids is 2. The summed E-state index contributed by atoms with van der Waals surface area (Å²) in [5.41, 5.74) is 2.19. The fourth-order valence-electron chi connectivity index (χ4n) is 4.65. The number of para-hydroxylation sites is 2. The Kier molecular flexibility index (Phi) is 7.14. The van der Waals surface area contributed by atoms with Gasteiger partial charge < -0.3 is 23.5 Å². The number of aromatic nitrogens is 2. The molecule has 3 aromatic rings. The van der Waals surface area contributed by atoms with Crippen LogP contribution in [-0.2, 0) is 14.3 Å². The van der Waals surface area contributed by atoms with Crippen molar-refractivity contribution in [2.45, 2.75) is 32.7 Å². The molecular formula is C26H31N3O6. The molecule has 4 rings (SSSR count). The average Bonchev–Trinajstić information content (AvgIpc) is 3.25. The maximum absolute atomic E-state index is 13.9. The Hall–Kier alpha value is -3.75. The maximum atomic E-state index is 13.9. The molecule has 186 valence electrons. The van der Waals surface area contributed by atoms with E-state index in [1.807, 2.05) is 28.8 Å². The molecule has 0 saturated carbocycles. The van der Waals surface area contributed by atoms with Crippen LogP contribution >= 0.6 is 0 Å². The van der Waals surface area contributed by atoms with E-state index >= 15 is 0 Å². The van der Waals surface area contributed by atoms with Crippen LogP contribution in [0.5, 0.6) is 17.2 Å². The summed E-state index contributed by atoms with van der Waals surface area (Å²) in [7, 11) is 4.58. The molecule has 0 unspecified atom stereocenters. The number of esters is 1. The Morgan fingerprint density at radius 1 is 1.03 bits per heavy atom. The number of methoxy groups -OCH3 is 3. The predicted molar refractivity (Wildman–Crippen MR) is 131 cm³/mol.